The Morgan fingerprint density at radius 1 is 1.33 bits per heavy atom. The van der Waals surface area contributed by atoms with E-state index in [0.29, 0.717) is 24.3 Å². The zero-order valence-electron chi connectivity index (χ0n) is 10.4. The van der Waals surface area contributed by atoms with Crippen molar-refractivity contribution < 1.29 is 9.59 Å². The lowest BCUT2D eigenvalue weighted by molar-refractivity contribution is -0.128. The summed E-state index contributed by atoms with van der Waals surface area (Å²) in [4.78, 5) is 25.7. The minimum absolute atomic E-state index is 0.0982. The van der Waals surface area contributed by atoms with E-state index in [1.54, 1.807) is 6.07 Å². The van der Waals surface area contributed by atoms with Crippen molar-refractivity contribution in [2.45, 2.75) is 19.8 Å². The van der Waals surface area contributed by atoms with Gasteiger partial charge in [-0.1, -0.05) is 31.5 Å². The van der Waals surface area contributed by atoms with E-state index < -0.39 is 0 Å². The summed E-state index contributed by atoms with van der Waals surface area (Å²) in [5, 5.41) is 0. The predicted octanol–water partition coefficient (Wildman–Crippen LogP) is 2.17. The number of amides is 2. The van der Waals surface area contributed by atoms with E-state index in [1.165, 1.54) is 4.90 Å². The van der Waals surface area contributed by atoms with Gasteiger partial charge in [0.15, 0.2) is 0 Å². The second-order valence-corrected chi connectivity index (χ2v) is 4.97. The van der Waals surface area contributed by atoms with Crippen LogP contribution in [-0.2, 0) is 11.2 Å². The summed E-state index contributed by atoms with van der Waals surface area (Å²) in [5.41, 5.74) is 1.49. The number of nitrogens with zero attached hydrogens (tertiary/aromatic N) is 1. The van der Waals surface area contributed by atoms with E-state index in [2.05, 4.69) is 12.6 Å². The van der Waals surface area contributed by atoms with Crippen LogP contribution in [0.15, 0.2) is 24.3 Å². The fourth-order valence-electron chi connectivity index (χ4n) is 2.16. The highest BCUT2D eigenvalue weighted by atomic mass is 32.1. The maximum atomic E-state index is 12.3. The number of rotatable bonds is 4. The van der Waals surface area contributed by atoms with Crippen LogP contribution in [-0.4, -0.2) is 29.0 Å². The first-order valence-electron chi connectivity index (χ1n) is 6.20. The number of benzene rings is 1. The Morgan fingerprint density at radius 2 is 2.06 bits per heavy atom. The molecule has 2 rings (SSSR count). The zero-order valence-corrected chi connectivity index (χ0v) is 11.3. The molecule has 1 aromatic rings. The van der Waals surface area contributed by atoms with Gasteiger partial charge in [0.2, 0.25) is 5.91 Å². The van der Waals surface area contributed by atoms with E-state index >= 15 is 0 Å². The van der Waals surface area contributed by atoms with E-state index in [0.717, 1.165) is 12.0 Å². The Labute approximate surface area is 113 Å². The first kappa shape index (κ1) is 13.1. The largest absolute Gasteiger partial charge is 0.278 e. The highest BCUT2D eigenvalue weighted by Crippen LogP contribution is 2.21. The summed E-state index contributed by atoms with van der Waals surface area (Å²) in [6, 6.07) is 7.33. The number of imide groups is 1. The highest BCUT2D eigenvalue weighted by Gasteiger charge is 2.31. The van der Waals surface area contributed by atoms with Crippen LogP contribution in [0.2, 0.25) is 0 Å². The van der Waals surface area contributed by atoms with Gasteiger partial charge < -0.3 is 0 Å². The van der Waals surface area contributed by atoms with Crippen molar-refractivity contribution in [2.24, 2.45) is 5.92 Å². The van der Waals surface area contributed by atoms with Gasteiger partial charge in [-0.25, -0.2) is 0 Å². The Kier molecular flexibility index (Phi) is 4.07. The molecular formula is C14H17NO2S. The Hall–Kier alpha value is -1.29. The number of fused-ring (bicyclic) bond motifs is 1. The topological polar surface area (TPSA) is 37.4 Å². The Bertz CT molecular complexity index is 469. The summed E-state index contributed by atoms with van der Waals surface area (Å²) < 4.78 is 0. The molecule has 1 heterocycles. The van der Waals surface area contributed by atoms with Crippen molar-refractivity contribution in [1.29, 1.82) is 0 Å². The molecule has 1 atom stereocenters. The average Bonchev–Trinajstić information content (AvgIpc) is 2.39. The lowest BCUT2D eigenvalue weighted by Crippen LogP contribution is -2.45. The summed E-state index contributed by atoms with van der Waals surface area (Å²) in [6.45, 7) is 2.53. The number of carbonyl (C=O) groups excluding carboxylic acids is 2. The van der Waals surface area contributed by atoms with Gasteiger partial charge in [-0.3, -0.25) is 14.5 Å². The molecule has 0 saturated heterocycles. The summed E-state index contributed by atoms with van der Waals surface area (Å²) in [6.07, 6.45) is 1.24. The molecular weight excluding hydrogens is 246 g/mol. The van der Waals surface area contributed by atoms with E-state index in [1.807, 2.05) is 25.1 Å². The van der Waals surface area contributed by atoms with Crippen LogP contribution in [0.1, 0.15) is 29.3 Å². The molecule has 2 amide bonds. The third-order valence-corrected chi connectivity index (χ3v) is 3.93. The second kappa shape index (κ2) is 5.57. The van der Waals surface area contributed by atoms with Gasteiger partial charge in [-0.15, -0.1) is 0 Å². The van der Waals surface area contributed by atoms with Crippen molar-refractivity contribution in [3.8, 4) is 0 Å². The van der Waals surface area contributed by atoms with Crippen LogP contribution in [0.4, 0.5) is 0 Å². The first-order chi connectivity index (χ1) is 8.67. The number of carbonyl (C=O) groups is 2. The minimum atomic E-state index is -0.165. The summed E-state index contributed by atoms with van der Waals surface area (Å²) in [5.74, 6) is 0.697. The lowest BCUT2D eigenvalue weighted by atomic mass is 9.97. The van der Waals surface area contributed by atoms with Gasteiger partial charge >= 0.3 is 0 Å². The fourth-order valence-corrected chi connectivity index (χ4v) is 2.53. The first-order valence-corrected chi connectivity index (χ1v) is 6.84. The predicted molar refractivity (Wildman–Crippen MR) is 73.8 cm³/mol. The van der Waals surface area contributed by atoms with Crippen LogP contribution in [0.3, 0.4) is 0 Å². The van der Waals surface area contributed by atoms with Gasteiger partial charge in [0, 0.05) is 12.1 Å². The molecule has 1 aliphatic heterocycles. The van der Waals surface area contributed by atoms with Crippen molar-refractivity contribution >= 4 is 24.4 Å². The van der Waals surface area contributed by atoms with Crippen molar-refractivity contribution in [1.82, 2.24) is 4.90 Å². The molecule has 0 aliphatic carbocycles. The number of hydrogen-bond donors (Lipinski definition) is 1. The number of thiol groups is 1. The lowest BCUT2D eigenvalue weighted by Gasteiger charge is -2.29. The Morgan fingerprint density at radius 3 is 2.72 bits per heavy atom. The zero-order chi connectivity index (χ0) is 13.1. The van der Waals surface area contributed by atoms with E-state index in [9.17, 15) is 9.59 Å². The van der Waals surface area contributed by atoms with E-state index in [4.69, 9.17) is 0 Å². The molecule has 1 aromatic carbocycles. The molecule has 1 unspecified atom stereocenters. The molecule has 96 valence electrons. The van der Waals surface area contributed by atoms with Gasteiger partial charge in [0.05, 0.1) is 6.42 Å². The molecule has 18 heavy (non-hydrogen) atoms. The fraction of sp³-hybridized carbons (Fsp3) is 0.429. The minimum Gasteiger partial charge on any atom is -0.278 e. The van der Waals surface area contributed by atoms with Crippen LogP contribution in [0.5, 0.6) is 0 Å². The molecule has 0 spiro atoms. The molecule has 0 fully saturated rings. The Balaban J connectivity index is 2.24. The smallest absolute Gasteiger partial charge is 0.260 e. The molecule has 0 saturated carbocycles. The van der Waals surface area contributed by atoms with Crippen LogP contribution < -0.4 is 0 Å². The van der Waals surface area contributed by atoms with Crippen LogP contribution >= 0.6 is 12.6 Å². The highest BCUT2D eigenvalue weighted by molar-refractivity contribution is 7.80. The quantitative estimate of drug-likeness (QED) is 0.668. The monoisotopic (exact) mass is 263 g/mol. The summed E-state index contributed by atoms with van der Waals surface area (Å²) >= 11 is 4.26. The van der Waals surface area contributed by atoms with Gasteiger partial charge in [-0.2, -0.15) is 12.6 Å². The van der Waals surface area contributed by atoms with Gasteiger partial charge in [0.25, 0.3) is 5.91 Å². The van der Waals surface area contributed by atoms with Crippen LogP contribution in [0.25, 0.3) is 0 Å². The van der Waals surface area contributed by atoms with Crippen molar-refractivity contribution in [2.75, 3.05) is 12.3 Å². The third-order valence-electron chi connectivity index (χ3n) is 3.41. The normalized spacial score (nSPS) is 16.7. The standard InChI is InChI=1S/C14H17NO2S/c1-2-10(9-18)8-15-13(16)7-11-5-3-4-6-12(11)14(15)17/h3-6,10,18H,2,7-9H2,1H3. The maximum absolute atomic E-state index is 12.3. The number of hydrogen-bond acceptors (Lipinski definition) is 3. The average molecular weight is 263 g/mol. The van der Waals surface area contributed by atoms with Crippen LogP contribution in [0, 0.1) is 5.92 Å². The molecule has 4 heteroatoms. The van der Waals surface area contributed by atoms with Crippen molar-refractivity contribution in [3.63, 3.8) is 0 Å². The van der Waals surface area contributed by atoms with Gasteiger partial charge in [0.1, 0.15) is 0 Å². The second-order valence-electron chi connectivity index (χ2n) is 4.60. The van der Waals surface area contributed by atoms with Gasteiger partial charge in [-0.05, 0) is 23.3 Å². The molecule has 0 bridgehead atoms. The maximum Gasteiger partial charge on any atom is 0.260 e. The van der Waals surface area contributed by atoms with E-state index in [-0.39, 0.29) is 17.7 Å². The molecule has 0 N–H and O–H groups in total. The molecule has 0 aromatic heterocycles. The SMILES string of the molecule is CCC(CS)CN1C(=O)Cc2ccccc2C1=O. The van der Waals surface area contributed by atoms with Crippen molar-refractivity contribution in [3.05, 3.63) is 35.4 Å². The molecule has 0 radical (unpaired) electrons. The third kappa shape index (κ3) is 2.43. The molecule has 1 aliphatic rings. The summed E-state index contributed by atoms with van der Waals surface area (Å²) in [7, 11) is 0. The molecule has 3 nitrogen and oxygen atoms in total.